The van der Waals surface area contributed by atoms with E-state index in [0.717, 1.165) is 42.5 Å². The number of benzene rings is 1. The first-order chi connectivity index (χ1) is 11.7. The molecule has 0 saturated heterocycles. The fraction of sp³-hybridized carbons (Fsp3) is 0.333. The SMILES string of the molecule is OC1CCC(Nc2nc(-c3cccc(F)c3)nc3[nH]ccc23)CC1. The van der Waals surface area contributed by atoms with E-state index in [2.05, 4.69) is 20.3 Å². The molecule has 0 amide bonds. The molecule has 0 radical (unpaired) electrons. The number of aromatic amines is 1. The molecule has 0 spiro atoms. The zero-order chi connectivity index (χ0) is 16.5. The molecule has 0 aliphatic heterocycles. The van der Waals surface area contributed by atoms with Crippen molar-refractivity contribution in [3.05, 3.63) is 42.3 Å². The van der Waals surface area contributed by atoms with Gasteiger partial charge >= 0.3 is 0 Å². The Morgan fingerprint density at radius 3 is 2.75 bits per heavy atom. The smallest absolute Gasteiger partial charge is 0.164 e. The average Bonchev–Trinajstić information content (AvgIpc) is 3.06. The van der Waals surface area contributed by atoms with Crippen LogP contribution in [0.2, 0.25) is 0 Å². The first-order valence-electron chi connectivity index (χ1n) is 8.25. The zero-order valence-corrected chi connectivity index (χ0v) is 13.2. The third-order valence-electron chi connectivity index (χ3n) is 4.54. The van der Waals surface area contributed by atoms with Gasteiger partial charge in [-0.2, -0.15) is 0 Å². The predicted octanol–water partition coefficient (Wildman–Crippen LogP) is 3.48. The van der Waals surface area contributed by atoms with Crippen molar-refractivity contribution >= 4 is 16.9 Å². The van der Waals surface area contributed by atoms with Crippen LogP contribution in [-0.2, 0) is 0 Å². The van der Waals surface area contributed by atoms with Crippen LogP contribution in [0.5, 0.6) is 0 Å². The molecular weight excluding hydrogens is 307 g/mol. The van der Waals surface area contributed by atoms with E-state index in [-0.39, 0.29) is 18.0 Å². The van der Waals surface area contributed by atoms with Gasteiger partial charge in [0.2, 0.25) is 0 Å². The van der Waals surface area contributed by atoms with Gasteiger partial charge in [-0.3, -0.25) is 0 Å². The molecule has 1 fully saturated rings. The Kier molecular flexibility index (Phi) is 3.90. The number of aromatic nitrogens is 3. The van der Waals surface area contributed by atoms with Crippen LogP contribution in [0.4, 0.5) is 10.2 Å². The van der Waals surface area contributed by atoms with Crippen molar-refractivity contribution in [1.29, 1.82) is 0 Å². The van der Waals surface area contributed by atoms with Crippen molar-refractivity contribution in [3.63, 3.8) is 0 Å². The lowest BCUT2D eigenvalue weighted by molar-refractivity contribution is 0.126. The van der Waals surface area contributed by atoms with Crippen molar-refractivity contribution in [2.75, 3.05) is 5.32 Å². The second kappa shape index (κ2) is 6.20. The molecular formula is C18H19FN4O. The van der Waals surface area contributed by atoms with Gasteiger partial charge in [-0.25, -0.2) is 14.4 Å². The van der Waals surface area contributed by atoms with Crippen molar-refractivity contribution in [3.8, 4) is 11.4 Å². The van der Waals surface area contributed by atoms with Gasteiger partial charge < -0.3 is 15.4 Å². The van der Waals surface area contributed by atoms with Crippen LogP contribution in [0, 0.1) is 5.82 Å². The first kappa shape index (κ1) is 15.1. The van der Waals surface area contributed by atoms with Crippen molar-refractivity contribution < 1.29 is 9.50 Å². The van der Waals surface area contributed by atoms with Crippen LogP contribution in [0.15, 0.2) is 36.5 Å². The van der Waals surface area contributed by atoms with Gasteiger partial charge in [0.05, 0.1) is 11.5 Å². The summed E-state index contributed by atoms with van der Waals surface area (Å²) >= 11 is 0. The Morgan fingerprint density at radius 2 is 1.96 bits per heavy atom. The molecule has 1 aliphatic carbocycles. The van der Waals surface area contributed by atoms with E-state index in [0.29, 0.717) is 11.4 Å². The molecule has 3 aromatic rings. The van der Waals surface area contributed by atoms with Crippen LogP contribution in [0.3, 0.4) is 0 Å². The number of H-pyrrole nitrogens is 1. The lowest BCUT2D eigenvalue weighted by Gasteiger charge is -2.26. The molecule has 0 unspecified atom stereocenters. The normalized spacial score (nSPS) is 21.1. The maximum Gasteiger partial charge on any atom is 0.164 e. The van der Waals surface area contributed by atoms with E-state index in [1.165, 1.54) is 12.1 Å². The van der Waals surface area contributed by atoms with Crippen LogP contribution in [0.25, 0.3) is 22.4 Å². The molecule has 0 atom stereocenters. The van der Waals surface area contributed by atoms with Gasteiger partial charge in [0.15, 0.2) is 5.82 Å². The minimum atomic E-state index is -0.307. The highest BCUT2D eigenvalue weighted by molar-refractivity contribution is 5.88. The zero-order valence-electron chi connectivity index (χ0n) is 13.2. The fourth-order valence-electron chi connectivity index (χ4n) is 3.22. The quantitative estimate of drug-likeness (QED) is 0.689. The lowest BCUT2D eigenvalue weighted by atomic mass is 9.93. The Morgan fingerprint density at radius 1 is 1.12 bits per heavy atom. The number of rotatable bonds is 3. The molecule has 1 aromatic carbocycles. The molecule has 1 aliphatic rings. The Balaban J connectivity index is 1.70. The van der Waals surface area contributed by atoms with Gasteiger partial charge in [-0.1, -0.05) is 12.1 Å². The second-order valence-corrected chi connectivity index (χ2v) is 6.30. The molecule has 3 N–H and O–H groups in total. The Labute approximate surface area is 139 Å². The number of fused-ring (bicyclic) bond motifs is 1. The maximum absolute atomic E-state index is 13.5. The summed E-state index contributed by atoms with van der Waals surface area (Å²) in [5, 5.41) is 14.1. The van der Waals surface area contributed by atoms with Gasteiger partial charge in [-0.05, 0) is 43.9 Å². The van der Waals surface area contributed by atoms with E-state index < -0.39 is 0 Å². The fourth-order valence-corrected chi connectivity index (χ4v) is 3.22. The van der Waals surface area contributed by atoms with Gasteiger partial charge in [-0.15, -0.1) is 0 Å². The van der Waals surface area contributed by atoms with Gasteiger partial charge in [0.1, 0.15) is 17.3 Å². The Bertz CT molecular complexity index is 855. The van der Waals surface area contributed by atoms with E-state index in [1.807, 2.05) is 12.3 Å². The summed E-state index contributed by atoms with van der Waals surface area (Å²) in [4.78, 5) is 12.2. The largest absolute Gasteiger partial charge is 0.393 e. The summed E-state index contributed by atoms with van der Waals surface area (Å²) in [5.74, 6) is 0.933. The standard InChI is InChI=1S/C18H19FN4O/c19-12-3-1-2-11(10-12)16-22-17-15(8-9-20-17)18(23-16)21-13-4-6-14(24)7-5-13/h1-3,8-10,13-14,24H,4-7H2,(H2,20,21,22,23). The molecule has 4 rings (SSSR count). The molecule has 2 aromatic heterocycles. The molecule has 124 valence electrons. The van der Waals surface area contributed by atoms with E-state index >= 15 is 0 Å². The molecule has 2 heterocycles. The van der Waals surface area contributed by atoms with Crippen molar-refractivity contribution in [2.45, 2.75) is 37.8 Å². The van der Waals surface area contributed by atoms with Crippen molar-refractivity contribution in [2.24, 2.45) is 0 Å². The molecule has 6 heteroatoms. The van der Waals surface area contributed by atoms with Gasteiger partial charge in [0, 0.05) is 17.8 Å². The molecule has 24 heavy (non-hydrogen) atoms. The number of aliphatic hydroxyl groups is 1. The number of anilines is 1. The second-order valence-electron chi connectivity index (χ2n) is 6.30. The number of nitrogens with zero attached hydrogens (tertiary/aromatic N) is 2. The number of hydrogen-bond acceptors (Lipinski definition) is 4. The Hall–Kier alpha value is -2.47. The van der Waals surface area contributed by atoms with Gasteiger partial charge in [0.25, 0.3) is 0 Å². The van der Waals surface area contributed by atoms with Crippen LogP contribution in [-0.4, -0.2) is 32.2 Å². The van der Waals surface area contributed by atoms with Crippen molar-refractivity contribution in [1.82, 2.24) is 15.0 Å². The summed E-state index contributed by atoms with van der Waals surface area (Å²) in [6, 6.07) is 8.51. The van der Waals surface area contributed by atoms with Crippen LogP contribution in [0.1, 0.15) is 25.7 Å². The molecule has 5 nitrogen and oxygen atoms in total. The number of nitrogens with one attached hydrogen (secondary N) is 2. The highest BCUT2D eigenvalue weighted by atomic mass is 19.1. The monoisotopic (exact) mass is 326 g/mol. The first-order valence-corrected chi connectivity index (χ1v) is 8.25. The summed E-state index contributed by atoms with van der Waals surface area (Å²) < 4.78 is 13.5. The number of hydrogen-bond donors (Lipinski definition) is 3. The topological polar surface area (TPSA) is 73.8 Å². The predicted molar refractivity (Wildman–Crippen MR) is 91.2 cm³/mol. The molecule has 0 bridgehead atoms. The maximum atomic E-state index is 13.5. The van der Waals surface area contributed by atoms with E-state index in [9.17, 15) is 9.50 Å². The lowest BCUT2D eigenvalue weighted by Crippen LogP contribution is -2.28. The van der Waals surface area contributed by atoms with Crippen LogP contribution < -0.4 is 5.32 Å². The summed E-state index contributed by atoms with van der Waals surface area (Å²) in [7, 11) is 0. The molecule has 1 saturated carbocycles. The third kappa shape index (κ3) is 2.97. The van der Waals surface area contributed by atoms with E-state index in [1.54, 1.807) is 12.1 Å². The van der Waals surface area contributed by atoms with Crippen LogP contribution >= 0.6 is 0 Å². The highest BCUT2D eigenvalue weighted by Gasteiger charge is 2.21. The highest BCUT2D eigenvalue weighted by Crippen LogP contribution is 2.28. The summed E-state index contributed by atoms with van der Waals surface area (Å²) in [5.41, 5.74) is 1.37. The average molecular weight is 326 g/mol. The number of halogens is 1. The summed E-state index contributed by atoms with van der Waals surface area (Å²) in [6.45, 7) is 0. The summed E-state index contributed by atoms with van der Waals surface area (Å²) in [6.07, 6.45) is 5.05. The minimum Gasteiger partial charge on any atom is -0.393 e. The minimum absolute atomic E-state index is 0.191. The number of aliphatic hydroxyl groups excluding tert-OH is 1. The third-order valence-corrected chi connectivity index (χ3v) is 4.54. The van der Waals surface area contributed by atoms with E-state index in [4.69, 9.17) is 0 Å².